The van der Waals surface area contributed by atoms with Crippen molar-refractivity contribution in [2.75, 3.05) is 0 Å². The van der Waals surface area contributed by atoms with Gasteiger partial charge < -0.3 is 9.67 Å². The lowest BCUT2D eigenvalue weighted by Gasteiger charge is -2.00. The summed E-state index contributed by atoms with van der Waals surface area (Å²) in [5.41, 5.74) is -0.455. The Bertz CT molecular complexity index is 305. The van der Waals surface area contributed by atoms with E-state index < -0.39 is 11.2 Å². The Morgan fingerprint density at radius 2 is 2.30 bits per heavy atom. The van der Waals surface area contributed by atoms with Gasteiger partial charge in [-0.2, -0.15) is 0 Å². The fourth-order valence-electron chi connectivity index (χ4n) is 0.593. The van der Waals surface area contributed by atoms with E-state index >= 15 is 0 Å². The van der Waals surface area contributed by atoms with Gasteiger partial charge in [0.1, 0.15) is 0 Å². The molecule has 1 N–H and O–H groups in total. The van der Waals surface area contributed by atoms with Crippen molar-refractivity contribution in [2.45, 2.75) is 0 Å². The highest BCUT2D eigenvalue weighted by atomic mass is 35.5. The maximum Gasteiger partial charge on any atom is 0.224 e. The van der Waals surface area contributed by atoms with Gasteiger partial charge in [-0.25, -0.2) is 0 Å². The van der Waals surface area contributed by atoms with Crippen LogP contribution >= 0.6 is 11.6 Å². The summed E-state index contributed by atoms with van der Waals surface area (Å²) in [5, 5.41) is 8.98. The molecule has 10 heavy (non-hydrogen) atoms. The molecule has 0 aliphatic carbocycles. The van der Waals surface area contributed by atoms with Crippen LogP contribution in [0.25, 0.3) is 0 Å². The lowest BCUT2D eigenvalue weighted by molar-refractivity contribution is 0.464. The Labute approximate surface area is 62.5 Å². The van der Waals surface area contributed by atoms with Gasteiger partial charge in [0.05, 0.1) is 0 Å². The van der Waals surface area contributed by atoms with E-state index in [1.165, 1.54) is 16.8 Å². The Balaban J connectivity index is 3.49. The first-order valence-corrected chi connectivity index (χ1v) is 3.05. The summed E-state index contributed by atoms with van der Waals surface area (Å²) in [4.78, 5) is 10.6. The van der Waals surface area contributed by atoms with E-state index in [2.05, 4.69) is 0 Å². The summed E-state index contributed by atoms with van der Waals surface area (Å²) < 4.78 is 1.46. The molecule has 0 unspecified atom stereocenters. The molecule has 0 saturated carbocycles. The molecule has 0 saturated heterocycles. The summed E-state index contributed by atoms with van der Waals surface area (Å²) in [6.07, 6.45) is 1.49. The first-order chi connectivity index (χ1) is 4.63. The van der Waals surface area contributed by atoms with Gasteiger partial charge >= 0.3 is 0 Å². The van der Waals surface area contributed by atoms with E-state index in [0.29, 0.717) is 0 Å². The summed E-state index contributed by atoms with van der Waals surface area (Å²) >= 11 is 5.50. The topological polar surface area (TPSA) is 42.2 Å². The number of nitrogens with zero attached hydrogens (tertiary/aromatic N) is 1. The van der Waals surface area contributed by atoms with Crippen LogP contribution in [-0.2, 0) is 7.05 Å². The van der Waals surface area contributed by atoms with E-state index in [1.807, 2.05) is 0 Å². The predicted molar refractivity (Wildman–Crippen MR) is 38.4 cm³/mol. The monoisotopic (exact) mass is 159 g/mol. The highest BCUT2D eigenvalue weighted by Crippen LogP contribution is 2.15. The minimum absolute atomic E-state index is 0.0625. The van der Waals surface area contributed by atoms with Crippen LogP contribution in [0.15, 0.2) is 17.1 Å². The highest BCUT2D eigenvalue weighted by Gasteiger charge is 2.02. The van der Waals surface area contributed by atoms with Crippen LogP contribution in [0.5, 0.6) is 5.75 Å². The first kappa shape index (κ1) is 7.15. The third-order valence-electron chi connectivity index (χ3n) is 1.19. The molecule has 0 fully saturated rings. The minimum Gasteiger partial charge on any atom is -0.502 e. The second kappa shape index (κ2) is 2.34. The number of aromatic hydroxyl groups is 1. The minimum atomic E-state index is -0.455. The van der Waals surface area contributed by atoms with Crippen LogP contribution in [0.1, 0.15) is 0 Å². The molecular weight excluding hydrogens is 154 g/mol. The summed E-state index contributed by atoms with van der Waals surface area (Å²) in [7, 11) is 1.64. The maximum atomic E-state index is 10.6. The molecule has 4 heteroatoms. The molecule has 0 bridgehead atoms. The van der Waals surface area contributed by atoms with Crippen LogP contribution in [0, 0.1) is 0 Å². The zero-order valence-corrected chi connectivity index (χ0v) is 6.09. The molecular formula is C6H6ClNO2. The lowest BCUT2D eigenvalue weighted by Crippen LogP contribution is -2.03. The van der Waals surface area contributed by atoms with Gasteiger partial charge in [0.15, 0.2) is 10.9 Å². The lowest BCUT2D eigenvalue weighted by atomic mass is 10.4. The largest absolute Gasteiger partial charge is 0.502 e. The van der Waals surface area contributed by atoms with Gasteiger partial charge in [0, 0.05) is 19.3 Å². The van der Waals surface area contributed by atoms with Crippen molar-refractivity contribution >= 4 is 11.6 Å². The van der Waals surface area contributed by atoms with Crippen LogP contribution in [0.3, 0.4) is 0 Å². The Morgan fingerprint density at radius 1 is 1.70 bits per heavy atom. The normalized spacial score (nSPS) is 9.80. The summed E-state index contributed by atoms with van der Waals surface area (Å²) in [6, 6.07) is 1.25. The van der Waals surface area contributed by atoms with E-state index in [4.69, 9.17) is 16.7 Å². The molecule has 0 aromatic carbocycles. The number of aromatic nitrogens is 1. The molecule has 0 aliphatic rings. The molecule has 0 spiro atoms. The standard InChI is InChI=1S/C6H6ClNO2/c1-8-3-2-4(9)5(10)6(8)7/h2-3,10H,1H3. The van der Waals surface area contributed by atoms with Gasteiger partial charge in [0.2, 0.25) is 5.43 Å². The average molecular weight is 160 g/mol. The third kappa shape index (κ3) is 0.998. The predicted octanol–water partition coefficient (Wildman–Crippen LogP) is 0.744. The van der Waals surface area contributed by atoms with Crippen molar-refractivity contribution in [1.82, 2.24) is 4.57 Å². The van der Waals surface area contributed by atoms with E-state index in [-0.39, 0.29) is 5.15 Å². The molecule has 54 valence electrons. The van der Waals surface area contributed by atoms with Crippen LogP contribution in [0.4, 0.5) is 0 Å². The van der Waals surface area contributed by atoms with Crippen molar-refractivity contribution < 1.29 is 5.11 Å². The molecule has 0 aliphatic heterocycles. The molecule has 0 amide bonds. The summed E-state index contributed by atoms with van der Waals surface area (Å²) in [6.45, 7) is 0. The molecule has 1 aromatic rings. The Hall–Kier alpha value is -0.960. The average Bonchev–Trinajstić information content (AvgIpc) is 1.93. The molecule has 1 aromatic heterocycles. The quantitative estimate of drug-likeness (QED) is 0.568. The van der Waals surface area contributed by atoms with E-state index in [0.717, 1.165) is 0 Å². The number of rotatable bonds is 0. The van der Waals surface area contributed by atoms with Gasteiger partial charge in [-0.15, -0.1) is 0 Å². The molecule has 1 rings (SSSR count). The molecule has 0 atom stereocenters. The molecule has 0 radical (unpaired) electrons. The van der Waals surface area contributed by atoms with Crippen molar-refractivity contribution in [2.24, 2.45) is 7.05 Å². The second-order valence-corrected chi connectivity index (χ2v) is 2.29. The maximum absolute atomic E-state index is 10.6. The van der Waals surface area contributed by atoms with Crippen molar-refractivity contribution in [3.63, 3.8) is 0 Å². The smallest absolute Gasteiger partial charge is 0.224 e. The zero-order chi connectivity index (χ0) is 7.72. The van der Waals surface area contributed by atoms with E-state index in [9.17, 15) is 4.79 Å². The van der Waals surface area contributed by atoms with Gasteiger partial charge in [-0.1, -0.05) is 11.6 Å². The first-order valence-electron chi connectivity index (χ1n) is 2.67. The Morgan fingerprint density at radius 3 is 2.80 bits per heavy atom. The fourth-order valence-corrected chi connectivity index (χ4v) is 0.742. The van der Waals surface area contributed by atoms with E-state index in [1.54, 1.807) is 7.05 Å². The highest BCUT2D eigenvalue weighted by molar-refractivity contribution is 6.30. The Kier molecular flexibility index (Phi) is 1.68. The van der Waals surface area contributed by atoms with Gasteiger partial charge in [-0.3, -0.25) is 4.79 Å². The van der Waals surface area contributed by atoms with Crippen molar-refractivity contribution in [1.29, 1.82) is 0 Å². The summed E-state index contributed by atoms with van der Waals surface area (Å²) in [5.74, 6) is -0.397. The fraction of sp³-hybridized carbons (Fsp3) is 0.167. The van der Waals surface area contributed by atoms with Crippen LogP contribution in [-0.4, -0.2) is 9.67 Å². The number of aryl methyl sites for hydroxylation is 1. The van der Waals surface area contributed by atoms with Gasteiger partial charge in [0.25, 0.3) is 0 Å². The number of hydrogen-bond acceptors (Lipinski definition) is 2. The van der Waals surface area contributed by atoms with Crippen LogP contribution < -0.4 is 5.43 Å². The SMILES string of the molecule is Cn1ccc(=O)c(O)c1Cl. The second-order valence-electron chi connectivity index (χ2n) is 1.93. The van der Waals surface area contributed by atoms with Crippen molar-refractivity contribution in [3.05, 3.63) is 27.6 Å². The number of halogens is 1. The van der Waals surface area contributed by atoms with Crippen LogP contribution in [0.2, 0.25) is 5.15 Å². The van der Waals surface area contributed by atoms with Gasteiger partial charge in [-0.05, 0) is 0 Å². The molecule has 3 nitrogen and oxygen atoms in total. The number of pyridine rings is 1. The molecule has 1 heterocycles. The third-order valence-corrected chi connectivity index (χ3v) is 1.63. The number of hydrogen-bond donors (Lipinski definition) is 1. The zero-order valence-electron chi connectivity index (χ0n) is 5.34. The van der Waals surface area contributed by atoms with Crippen molar-refractivity contribution in [3.8, 4) is 5.75 Å².